The van der Waals surface area contributed by atoms with Gasteiger partial charge in [0.2, 0.25) is 0 Å². The van der Waals surface area contributed by atoms with E-state index in [9.17, 15) is 19.5 Å². The number of phenolic OH excluding ortho intramolecular Hbond substituents is 1. The van der Waals surface area contributed by atoms with Crippen LogP contribution >= 0.6 is 0 Å². The van der Waals surface area contributed by atoms with Crippen LogP contribution in [-0.4, -0.2) is 25.7 Å². The number of aliphatic carboxylic acids is 1. The van der Waals surface area contributed by atoms with Crippen molar-refractivity contribution >= 4 is 16.9 Å². The smallest absolute Gasteiger partial charge is 0.329 e. The molecule has 0 fully saturated rings. The van der Waals surface area contributed by atoms with Gasteiger partial charge in [-0.2, -0.15) is 0 Å². The summed E-state index contributed by atoms with van der Waals surface area (Å²) in [5, 5.41) is 18.0. The zero-order chi connectivity index (χ0) is 12.6. The zero-order valence-corrected chi connectivity index (χ0v) is 8.51. The second-order valence-electron chi connectivity index (χ2n) is 3.41. The molecule has 0 aliphatic carbocycles. The summed E-state index contributed by atoms with van der Waals surface area (Å²) in [4.78, 5) is 36.1. The number of phenols is 1. The topological polar surface area (TPSA) is 112 Å². The number of benzene rings is 1. The van der Waals surface area contributed by atoms with Crippen LogP contribution in [0.5, 0.6) is 5.75 Å². The minimum Gasteiger partial charge on any atom is -0.507 e. The van der Waals surface area contributed by atoms with Crippen molar-refractivity contribution in [1.82, 2.24) is 9.55 Å². The standard InChI is InChI=1S/C10H8N2O5/c13-6-3-1-2-5-8(6)9(16)12(4-7(14)15)10(17)11-5/h1-3,13H,4H2,(H,11,17)(H,14,15). The third kappa shape index (κ3) is 1.78. The number of carboxylic acids is 1. The van der Waals surface area contributed by atoms with Crippen molar-refractivity contribution in [2.24, 2.45) is 0 Å². The monoisotopic (exact) mass is 236 g/mol. The highest BCUT2D eigenvalue weighted by Gasteiger charge is 2.12. The number of H-pyrrole nitrogens is 1. The van der Waals surface area contributed by atoms with Crippen LogP contribution in [0.25, 0.3) is 10.9 Å². The Bertz CT molecular complexity index is 713. The highest BCUT2D eigenvalue weighted by Crippen LogP contribution is 2.17. The largest absolute Gasteiger partial charge is 0.507 e. The molecule has 0 aliphatic heterocycles. The van der Waals surface area contributed by atoms with Crippen LogP contribution in [0.3, 0.4) is 0 Å². The quantitative estimate of drug-likeness (QED) is 0.649. The Morgan fingerprint density at radius 1 is 1.35 bits per heavy atom. The summed E-state index contributed by atoms with van der Waals surface area (Å²) < 4.78 is 0.518. The number of fused-ring (bicyclic) bond motifs is 1. The summed E-state index contributed by atoms with van der Waals surface area (Å²) in [5.41, 5.74) is -1.48. The SMILES string of the molecule is O=C(O)Cn1c(=O)[nH]c2cccc(O)c2c1=O. The number of rotatable bonds is 2. The highest BCUT2D eigenvalue weighted by atomic mass is 16.4. The maximum atomic E-state index is 11.8. The van der Waals surface area contributed by atoms with E-state index in [2.05, 4.69) is 4.98 Å². The number of carboxylic acid groups (broad SMARTS) is 1. The summed E-state index contributed by atoms with van der Waals surface area (Å²) in [6, 6.07) is 4.20. The minimum atomic E-state index is -1.31. The Hall–Kier alpha value is -2.57. The maximum Gasteiger partial charge on any atom is 0.329 e. The molecule has 7 heteroatoms. The molecule has 0 unspecified atom stereocenters. The molecule has 0 bridgehead atoms. The number of hydrogen-bond acceptors (Lipinski definition) is 4. The Balaban J connectivity index is 2.88. The van der Waals surface area contributed by atoms with Crippen molar-refractivity contribution in [3.05, 3.63) is 39.0 Å². The molecule has 0 amide bonds. The number of hydrogen-bond donors (Lipinski definition) is 3. The predicted octanol–water partition coefficient (Wildman–Crippen LogP) is -0.520. The van der Waals surface area contributed by atoms with Gasteiger partial charge in [-0.1, -0.05) is 6.07 Å². The summed E-state index contributed by atoms with van der Waals surface area (Å²) in [7, 11) is 0. The van der Waals surface area contributed by atoms with Crippen LogP contribution in [0.1, 0.15) is 0 Å². The minimum absolute atomic E-state index is 0.103. The van der Waals surface area contributed by atoms with Gasteiger partial charge in [0.25, 0.3) is 5.56 Å². The first-order chi connectivity index (χ1) is 8.00. The lowest BCUT2D eigenvalue weighted by atomic mass is 10.2. The van der Waals surface area contributed by atoms with E-state index in [-0.39, 0.29) is 16.7 Å². The van der Waals surface area contributed by atoms with Crippen LogP contribution in [0, 0.1) is 0 Å². The van der Waals surface area contributed by atoms with Crippen LogP contribution in [0.2, 0.25) is 0 Å². The number of nitrogens with zero attached hydrogens (tertiary/aromatic N) is 1. The number of aromatic nitrogens is 2. The van der Waals surface area contributed by atoms with E-state index >= 15 is 0 Å². The Labute approximate surface area is 93.6 Å². The molecule has 17 heavy (non-hydrogen) atoms. The van der Waals surface area contributed by atoms with Crippen molar-refractivity contribution in [2.45, 2.75) is 6.54 Å². The highest BCUT2D eigenvalue weighted by molar-refractivity contribution is 5.83. The second kappa shape index (κ2) is 3.78. The first-order valence-corrected chi connectivity index (χ1v) is 4.67. The molecule has 0 saturated heterocycles. The molecule has 88 valence electrons. The molecule has 0 atom stereocenters. The summed E-state index contributed by atoms with van der Waals surface area (Å²) >= 11 is 0. The number of nitrogens with one attached hydrogen (secondary N) is 1. The van der Waals surface area contributed by atoms with Crippen molar-refractivity contribution in [3.63, 3.8) is 0 Å². The third-order valence-corrected chi connectivity index (χ3v) is 2.28. The molecule has 7 nitrogen and oxygen atoms in total. The molecule has 3 N–H and O–H groups in total. The number of carbonyl (C=O) groups is 1. The van der Waals surface area contributed by atoms with E-state index in [4.69, 9.17) is 5.11 Å². The average Bonchev–Trinajstić information content (AvgIpc) is 2.23. The van der Waals surface area contributed by atoms with Crippen molar-refractivity contribution in [3.8, 4) is 5.75 Å². The van der Waals surface area contributed by atoms with Gasteiger partial charge in [-0.05, 0) is 12.1 Å². The average molecular weight is 236 g/mol. The fraction of sp³-hybridized carbons (Fsp3) is 0.100. The van der Waals surface area contributed by atoms with Gasteiger partial charge in [-0.15, -0.1) is 0 Å². The molecular weight excluding hydrogens is 228 g/mol. The van der Waals surface area contributed by atoms with Gasteiger partial charge >= 0.3 is 11.7 Å². The molecule has 0 radical (unpaired) electrons. The number of aromatic hydroxyl groups is 1. The van der Waals surface area contributed by atoms with E-state index in [1.54, 1.807) is 0 Å². The van der Waals surface area contributed by atoms with E-state index < -0.39 is 23.8 Å². The fourth-order valence-corrected chi connectivity index (χ4v) is 1.56. The zero-order valence-electron chi connectivity index (χ0n) is 8.51. The Morgan fingerprint density at radius 2 is 2.06 bits per heavy atom. The van der Waals surface area contributed by atoms with Gasteiger partial charge in [0.1, 0.15) is 17.7 Å². The summed E-state index contributed by atoms with van der Waals surface area (Å²) in [6.45, 7) is -0.752. The maximum absolute atomic E-state index is 11.8. The van der Waals surface area contributed by atoms with Crippen molar-refractivity contribution in [1.29, 1.82) is 0 Å². The molecule has 1 heterocycles. The summed E-state index contributed by atoms with van der Waals surface area (Å²) in [5.74, 6) is -1.62. The van der Waals surface area contributed by atoms with Gasteiger partial charge in [0.05, 0.1) is 5.52 Å². The normalized spacial score (nSPS) is 10.6. The lowest BCUT2D eigenvalue weighted by Gasteiger charge is -2.04. The van der Waals surface area contributed by atoms with Crippen LogP contribution < -0.4 is 11.2 Å². The fourth-order valence-electron chi connectivity index (χ4n) is 1.56. The van der Waals surface area contributed by atoms with E-state index in [1.165, 1.54) is 18.2 Å². The molecular formula is C10H8N2O5. The second-order valence-corrected chi connectivity index (χ2v) is 3.41. The molecule has 1 aromatic carbocycles. The van der Waals surface area contributed by atoms with Gasteiger partial charge in [-0.25, -0.2) is 9.36 Å². The molecule has 0 saturated carbocycles. The predicted molar refractivity (Wildman–Crippen MR) is 58.1 cm³/mol. The number of aromatic amines is 1. The third-order valence-electron chi connectivity index (χ3n) is 2.28. The lowest BCUT2D eigenvalue weighted by molar-refractivity contribution is -0.137. The first kappa shape index (κ1) is 10.9. The van der Waals surface area contributed by atoms with Crippen molar-refractivity contribution < 1.29 is 15.0 Å². The van der Waals surface area contributed by atoms with Gasteiger partial charge in [0, 0.05) is 0 Å². The first-order valence-electron chi connectivity index (χ1n) is 4.67. The van der Waals surface area contributed by atoms with Gasteiger partial charge in [0.15, 0.2) is 0 Å². The molecule has 1 aromatic heterocycles. The van der Waals surface area contributed by atoms with Gasteiger partial charge in [-0.3, -0.25) is 9.59 Å². The molecule has 0 spiro atoms. The summed E-state index contributed by atoms with van der Waals surface area (Å²) in [6.07, 6.45) is 0. The lowest BCUT2D eigenvalue weighted by Crippen LogP contribution is -2.37. The Morgan fingerprint density at radius 3 is 2.71 bits per heavy atom. The van der Waals surface area contributed by atoms with Crippen LogP contribution in [0.4, 0.5) is 0 Å². The van der Waals surface area contributed by atoms with Crippen molar-refractivity contribution in [2.75, 3.05) is 0 Å². The van der Waals surface area contributed by atoms with E-state index in [0.29, 0.717) is 4.57 Å². The van der Waals surface area contributed by atoms with E-state index in [1.807, 2.05) is 0 Å². The van der Waals surface area contributed by atoms with Gasteiger partial charge < -0.3 is 15.2 Å². The van der Waals surface area contributed by atoms with E-state index in [0.717, 1.165) is 0 Å². The molecule has 2 aromatic rings. The Kier molecular flexibility index (Phi) is 2.43. The molecule has 2 rings (SSSR count). The van der Waals surface area contributed by atoms with Crippen LogP contribution in [0.15, 0.2) is 27.8 Å². The molecule has 0 aliphatic rings. The van der Waals surface area contributed by atoms with Crippen LogP contribution in [-0.2, 0) is 11.3 Å².